The van der Waals surface area contributed by atoms with E-state index in [0.29, 0.717) is 25.4 Å². The van der Waals surface area contributed by atoms with Crippen LogP contribution >= 0.6 is 0 Å². The van der Waals surface area contributed by atoms with Crippen LogP contribution in [-0.2, 0) is 25.4 Å². The van der Waals surface area contributed by atoms with Crippen molar-refractivity contribution in [3.8, 4) is 11.5 Å². The summed E-state index contributed by atoms with van der Waals surface area (Å²) in [5.41, 5.74) is 4.36. The summed E-state index contributed by atoms with van der Waals surface area (Å²) in [6, 6.07) is 12.3. The Hall–Kier alpha value is -2.83. The lowest BCUT2D eigenvalue weighted by molar-refractivity contribution is -0.140. The van der Waals surface area contributed by atoms with Gasteiger partial charge in [-0.15, -0.1) is 0 Å². The zero-order valence-corrected chi connectivity index (χ0v) is 20.2. The molecule has 2 rings (SSSR count). The van der Waals surface area contributed by atoms with Crippen LogP contribution in [0.2, 0.25) is 0 Å². The molecule has 0 fully saturated rings. The maximum absolute atomic E-state index is 11.3. The third-order valence-corrected chi connectivity index (χ3v) is 5.12. The average Bonchev–Trinajstić information content (AvgIpc) is 2.83. The molecule has 0 N–H and O–H groups in total. The molecule has 0 bridgehead atoms. The Bertz CT molecular complexity index is 890. The molecule has 0 saturated heterocycles. The van der Waals surface area contributed by atoms with Crippen LogP contribution in [0.25, 0.3) is 12.2 Å². The first-order valence-corrected chi connectivity index (χ1v) is 11.5. The topological polar surface area (TPSA) is 63.2 Å². The molecule has 0 spiro atoms. The van der Waals surface area contributed by atoms with Gasteiger partial charge in [-0.1, -0.05) is 36.4 Å². The smallest absolute Gasteiger partial charge is 0.305 e. The number of hydrogen-bond donors (Lipinski definition) is 0. The fourth-order valence-electron chi connectivity index (χ4n) is 3.21. The molecule has 0 heterocycles. The standard InChI is InChI=1S/C27H36O6/c1-5-30-19-32-25-17-24(21(3)26(18-25)33-20-31-6-2)15-14-23-12-9-11-22(16-23)10-7-8-13-27(28)29-4/h9,11-12,14-18H,5-8,10,13,19-20H2,1-4H3. The van der Waals surface area contributed by atoms with Crippen molar-refractivity contribution in [3.05, 3.63) is 58.7 Å². The van der Waals surface area contributed by atoms with E-state index in [9.17, 15) is 4.79 Å². The predicted molar refractivity (Wildman–Crippen MR) is 130 cm³/mol. The molecule has 6 heteroatoms. The summed E-state index contributed by atoms with van der Waals surface area (Å²) in [7, 11) is 1.43. The summed E-state index contributed by atoms with van der Waals surface area (Å²) in [5, 5.41) is 0. The van der Waals surface area contributed by atoms with Crippen LogP contribution in [0.5, 0.6) is 11.5 Å². The molecule has 0 aliphatic rings. The van der Waals surface area contributed by atoms with E-state index < -0.39 is 0 Å². The Balaban J connectivity index is 2.11. The van der Waals surface area contributed by atoms with Crippen molar-refractivity contribution in [3.63, 3.8) is 0 Å². The Labute approximate surface area is 197 Å². The molecule has 0 radical (unpaired) electrons. The molecule has 0 atom stereocenters. The third-order valence-electron chi connectivity index (χ3n) is 5.12. The van der Waals surface area contributed by atoms with Crippen LogP contribution in [0.4, 0.5) is 0 Å². The highest BCUT2D eigenvalue weighted by Crippen LogP contribution is 2.30. The first kappa shape index (κ1) is 26.4. The second-order valence-electron chi connectivity index (χ2n) is 7.51. The van der Waals surface area contributed by atoms with Gasteiger partial charge in [0.25, 0.3) is 0 Å². The quantitative estimate of drug-likeness (QED) is 0.146. The number of aryl methyl sites for hydroxylation is 1. The summed E-state index contributed by atoms with van der Waals surface area (Å²) < 4.78 is 26.9. The monoisotopic (exact) mass is 456 g/mol. The zero-order valence-electron chi connectivity index (χ0n) is 20.2. The number of ether oxygens (including phenoxy) is 5. The van der Waals surface area contributed by atoms with Crippen molar-refractivity contribution in [2.75, 3.05) is 33.9 Å². The van der Waals surface area contributed by atoms with Crippen LogP contribution in [0.1, 0.15) is 55.4 Å². The summed E-state index contributed by atoms with van der Waals surface area (Å²) in [6.07, 6.45) is 7.30. The van der Waals surface area contributed by atoms with E-state index in [2.05, 4.69) is 36.4 Å². The number of rotatable bonds is 15. The molecular weight excluding hydrogens is 420 g/mol. The van der Waals surface area contributed by atoms with E-state index in [-0.39, 0.29) is 19.6 Å². The minimum absolute atomic E-state index is 0.154. The van der Waals surface area contributed by atoms with Gasteiger partial charge in [0.15, 0.2) is 13.6 Å². The minimum atomic E-state index is -0.154. The highest BCUT2D eigenvalue weighted by molar-refractivity contribution is 5.73. The number of unbranched alkanes of at least 4 members (excludes halogenated alkanes) is 1. The summed E-state index contributed by atoms with van der Waals surface area (Å²) in [4.78, 5) is 11.3. The van der Waals surface area contributed by atoms with E-state index in [1.54, 1.807) is 0 Å². The van der Waals surface area contributed by atoms with E-state index in [4.69, 9.17) is 23.7 Å². The highest BCUT2D eigenvalue weighted by atomic mass is 16.7. The number of hydrogen-bond acceptors (Lipinski definition) is 6. The predicted octanol–water partition coefficient (Wildman–Crippen LogP) is 5.80. The van der Waals surface area contributed by atoms with Crippen molar-refractivity contribution < 1.29 is 28.5 Å². The SMILES string of the molecule is CCOCOc1cc(C=Cc2cccc(CCCCC(=O)OC)c2)c(C)c(OCOCC)c1. The number of methoxy groups -OCH3 is 1. The fourth-order valence-corrected chi connectivity index (χ4v) is 3.21. The fraction of sp³-hybridized carbons (Fsp3) is 0.444. The van der Waals surface area contributed by atoms with Gasteiger partial charge in [0.1, 0.15) is 11.5 Å². The molecule has 6 nitrogen and oxygen atoms in total. The first-order valence-electron chi connectivity index (χ1n) is 11.5. The minimum Gasteiger partial charge on any atom is -0.469 e. The van der Waals surface area contributed by atoms with Crippen molar-refractivity contribution in [1.29, 1.82) is 0 Å². The van der Waals surface area contributed by atoms with Crippen molar-refractivity contribution in [2.24, 2.45) is 0 Å². The molecule has 0 unspecified atom stereocenters. The van der Waals surface area contributed by atoms with Gasteiger partial charge in [-0.25, -0.2) is 0 Å². The van der Waals surface area contributed by atoms with Gasteiger partial charge in [-0.3, -0.25) is 4.79 Å². The van der Waals surface area contributed by atoms with Crippen LogP contribution in [0.3, 0.4) is 0 Å². The van der Waals surface area contributed by atoms with E-state index >= 15 is 0 Å². The molecule has 33 heavy (non-hydrogen) atoms. The number of benzene rings is 2. The van der Waals surface area contributed by atoms with Crippen molar-refractivity contribution >= 4 is 18.1 Å². The van der Waals surface area contributed by atoms with Crippen LogP contribution in [-0.4, -0.2) is 39.9 Å². The van der Waals surface area contributed by atoms with Crippen LogP contribution < -0.4 is 9.47 Å². The Morgan fingerprint density at radius 3 is 2.42 bits per heavy atom. The Morgan fingerprint density at radius 1 is 0.939 bits per heavy atom. The van der Waals surface area contributed by atoms with Gasteiger partial charge in [-0.2, -0.15) is 0 Å². The number of carbonyl (C=O) groups excluding carboxylic acids is 1. The molecule has 2 aromatic rings. The molecular formula is C27H36O6. The third kappa shape index (κ3) is 9.68. The van der Waals surface area contributed by atoms with Gasteiger partial charge in [-0.05, 0) is 68.4 Å². The van der Waals surface area contributed by atoms with Gasteiger partial charge in [0.05, 0.1) is 7.11 Å². The average molecular weight is 457 g/mol. The van der Waals surface area contributed by atoms with E-state index in [1.807, 2.05) is 32.9 Å². The molecule has 0 aromatic heterocycles. The normalized spacial score (nSPS) is 11.0. The largest absolute Gasteiger partial charge is 0.469 e. The maximum Gasteiger partial charge on any atom is 0.305 e. The Kier molecular flexibility index (Phi) is 12.1. The van der Waals surface area contributed by atoms with Crippen molar-refractivity contribution in [1.82, 2.24) is 0 Å². The molecule has 0 aliphatic carbocycles. The van der Waals surface area contributed by atoms with Crippen LogP contribution in [0.15, 0.2) is 36.4 Å². The van der Waals surface area contributed by atoms with Gasteiger partial charge < -0.3 is 23.7 Å². The zero-order chi connectivity index (χ0) is 23.9. The summed E-state index contributed by atoms with van der Waals surface area (Å²) >= 11 is 0. The molecule has 0 saturated carbocycles. The molecule has 2 aromatic carbocycles. The van der Waals surface area contributed by atoms with E-state index in [0.717, 1.165) is 41.7 Å². The van der Waals surface area contributed by atoms with Gasteiger partial charge in [0, 0.05) is 25.7 Å². The van der Waals surface area contributed by atoms with Crippen molar-refractivity contribution in [2.45, 2.75) is 46.5 Å². The summed E-state index contributed by atoms with van der Waals surface area (Å²) in [6.45, 7) is 7.43. The lowest BCUT2D eigenvalue weighted by Crippen LogP contribution is -2.06. The lowest BCUT2D eigenvalue weighted by atomic mass is 10.0. The second-order valence-corrected chi connectivity index (χ2v) is 7.51. The highest BCUT2D eigenvalue weighted by Gasteiger charge is 2.09. The molecule has 180 valence electrons. The molecule has 0 aliphatic heterocycles. The van der Waals surface area contributed by atoms with Crippen LogP contribution in [0, 0.1) is 6.92 Å². The molecule has 0 amide bonds. The first-order chi connectivity index (χ1) is 16.1. The number of esters is 1. The van der Waals surface area contributed by atoms with Gasteiger partial charge in [0.2, 0.25) is 0 Å². The van der Waals surface area contributed by atoms with E-state index in [1.165, 1.54) is 12.7 Å². The maximum atomic E-state index is 11.3. The Morgan fingerprint density at radius 2 is 1.70 bits per heavy atom. The van der Waals surface area contributed by atoms with Gasteiger partial charge >= 0.3 is 5.97 Å². The summed E-state index contributed by atoms with van der Waals surface area (Å²) in [5.74, 6) is 1.25. The second kappa shape index (κ2) is 15.1. The number of carbonyl (C=O) groups is 1. The lowest BCUT2D eigenvalue weighted by Gasteiger charge is -2.14.